The normalized spacial score (nSPS) is 11.9. The topological polar surface area (TPSA) is 51.2 Å². The third-order valence-corrected chi connectivity index (χ3v) is 3.64. The Morgan fingerprint density at radius 3 is 2.82 bits per heavy atom. The lowest BCUT2D eigenvalue weighted by Crippen LogP contribution is -2.25. The molecule has 0 bridgehead atoms. The SMILES string of the molecule is CC(OCCCNC(=O)c1cncc(Br)c1)c1ccccc1. The summed E-state index contributed by atoms with van der Waals surface area (Å²) in [6, 6.07) is 11.8. The van der Waals surface area contributed by atoms with Gasteiger partial charge >= 0.3 is 0 Å². The average molecular weight is 363 g/mol. The molecule has 0 aliphatic rings. The van der Waals surface area contributed by atoms with Crippen LogP contribution in [0.2, 0.25) is 0 Å². The largest absolute Gasteiger partial charge is 0.374 e. The lowest BCUT2D eigenvalue weighted by Gasteiger charge is -2.13. The summed E-state index contributed by atoms with van der Waals surface area (Å²) in [6.45, 7) is 3.21. The third-order valence-electron chi connectivity index (χ3n) is 3.21. The monoisotopic (exact) mass is 362 g/mol. The molecule has 1 unspecified atom stereocenters. The minimum Gasteiger partial charge on any atom is -0.374 e. The molecule has 0 saturated heterocycles. The number of benzene rings is 1. The number of ether oxygens (including phenoxy) is 1. The van der Waals surface area contributed by atoms with Gasteiger partial charge in [-0.15, -0.1) is 0 Å². The zero-order valence-electron chi connectivity index (χ0n) is 12.5. The first-order chi connectivity index (χ1) is 10.7. The third kappa shape index (κ3) is 5.24. The number of carbonyl (C=O) groups excluding carboxylic acids is 1. The number of amides is 1. The first-order valence-corrected chi connectivity index (χ1v) is 8.01. The van der Waals surface area contributed by atoms with Crippen molar-refractivity contribution in [1.82, 2.24) is 10.3 Å². The van der Waals surface area contributed by atoms with Gasteiger partial charge in [0.2, 0.25) is 0 Å². The molecular formula is C17H19BrN2O2. The first kappa shape index (κ1) is 16.6. The number of nitrogens with one attached hydrogen (secondary N) is 1. The minimum atomic E-state index is -0.120. The van der Waals surface area contributed by atoms with Crippen molar-refractivity contribution in [3.63, 3.8) is 0 Å². The summed E-state index contributed by atoms with van der Waals surface area (Å²) >= 11 is 3.30. The van der Waals surface area contributed by atoms with Gasteiger partial charge in [0, 0.05) is 30.0 Å². The van der Waals surface area contributed by atoms with Gasteiger partial charge in [-0.05, 0) is 40.9 Å². The number of pyridine rings is 1. The van der Waals surface area contributed by atoms with Crippen molar-refractivity contribution in [3.8, 4) is 0 Å². The van der Waals surface area contributed by atoms with Crippen molar-refractivity contribution >= 4 is 21.8 Å². The maximum atomic E-state index is 11.9. The molecule has 1 amide bonds. The van der Waals surface area contributed by atoms with E-state index in [0.717, 1.165) is 16.5 Å². The molecule has 0 spiro atoms. The fourth-order valence-electron chi connectivity index (χ4n) is 1.99. The number of nitrogens with zero attached hydrogens (tertiary/aromatic N) is 1. The van der Waals surface area contributed by atoms with Crippen molar-refractivity contribution in [1.29, 1.82) is 0 Å². The van der Waals surface area contributed by atoms with E-state index in [0.29, 0.717) is 18.7 Å². The Labute approximate surface area is 139 Å². The van der Waals surface area contributed by atoms with Crippen molar-refractivity contribution in [2.45, 2.75) is 19.4 Å². The van der Waals surface area contributed by atoms with E-state index in [-0.39, 0.29) is 12.0 Å². The maximum absolute atomic E-state index is 11.9. The molecule has 2 aromatic rings. The Morgan fingerprint density at radius 1 is 1.32 bits per heavy atom. The van der Waals surface area contributed by atoms with E-state index in [2.05, 4.69) is 26.2 Å². The van der Waals surface area contributed by atoms with Gasteiger partial charge in [-0.1, -0.05) is 30.3 Å². The van der Waals surface area contributed by atoms with Crippen LogP contribution in [0.5, 0.6) is 0 Å². The van der Waals surface area contributed by atoms with Crippen LogP contribution in [0.15, 0.2) is 53.3 Å². The molecule has 1 heterocycles. The van der Waals surface area contributed by atoms with E-state index in [1.54, 1.807) is 18.5 Å². The van der Waals surface area contributed by atoms with Crippen LogP contribution in [0.3, 0.4) is 0 Å². The second kappa shape index (κ2) is 8.66. The van der Waals surface area contributed by atoms with Gasteiger partial charge in [0.15, 0.2) is 0 Å². The molecule has 5 heteroatoms. The van der Waals surface area contributed by atoms with E-state index in [4.69, 9.17) is 4.74 Å². The highest BCUT2D eigenvalue weighted by atomic mass is 79.9. The lowest BCUT2D eigenvalue weighted by molar-refractivity contribution is 0.0635. The fourth-order valence-corrected chi connectivity index (χ4v) is 2.36. The standard InChI is InChI=1S/C17H19BrN2O2/c1-13(14-6-3-2-4-7-14)22-9-5-8-20-17(21)15-10-16(18)12-19-11-15/h2-4,6-7,10-13H,5,8-9H2,1H3,(H,20,21). The second-order valence-electron chi connectivity index (χ2n) is 4.92. The van der Waals surface area contributed by atoms with Gasteiger partial charge in [0.25, 0.3) is 5.91 Å². The Hall–Kier alpha value is -1.72. The zero-order valence-corrected chi connectivity index (χ0v) is 14.0. The molecule has 0 aliphatic carbocycles. The molecule has 1 aromatic heterocycles. The summed E-state index contributed by atoms with van der Waals surface area (Å²) in [7, 11) is 0. The highest BCUT2D eigenvalue weighted by molar-refractivity contribution is 9.10. The molecule has 4 nitrogen and oxygen atoms in total. The molecular weight excluding hydrogens is 344 g/mol. The molecule has 2 rings (SSSR count). The lowest BCUT2D eigenvalue weighted by atomic mass is 10.1. The van der Waals surface area contributed by atoms with Crippen LogP contribution in [0.1, 0.15) is 35.4 Å². The van der Waals surface area contributed by atoms with Gasteiger partial charge in [0.05, 0.1) is 11.7 Å². The summed E-state index contributed by atoms with van der Waals surface area (Å²) in [4.78, 5) is 15.9. The van der Waals surface area contributed by atoms with Gasteiger partial charge in [-0.25, -0.2) is 0 Å². The van der Waals surface area contributed by atoms with Crippen molar-refractivity contribution < 1.29 is 9.53 Å². The Morgan fingerprint density at radius 2 is 2.09 bits per heavy atom. The molecule has 22 heavy (non-hydrogen) atoms. The zero-order chi connectivity index (χ0) is 15.8. The summed E-state index contributed by atoms with van der Waals surface area (Å²) in [5.41, 5.74) is 1.71. The number of aromatic nitrogens is 1. The summed E-state index contributed by atoms with van der Waals surface area (Å²) in [5.74, 6) is -0.120. The number of rotatable bonds is 7. The smallest absolute Gasteiger partial charge is 0.252 e. The number of halogens is 1. The summed E-state index contributed by atoms with van der Waals surface area (Å²) in [6.07, 6.45) is 4.03. The number of hydrogen-bond acceptors (Lipinski definition) is 3. The van der Waals surface area contributed by atoms with Crippen LogP contribution in [0, 0.1) is 0 Å². The molecule has 1 aromatic carbocycles. The Kier molecular flexibility index (Phi) is 6.55. The van der Waals surface area contributed by atoms with Gasteiger partial charge in [-0.3, -0.25) is 9.78 Å². The Bertz CT molecular complexity index is 605. The van der Waals surface area contributed by atoms with Crippen LogP contribution in [-0.4, -0.2) is 24.0 Å². The van der Waals surface area contributed by atoms with Crippen LogP contribution < -0.4 is 5.32 Å². The Balaban J connectivity index is 1.66. The van der Waals surface area contributed by atoms with E-state index in [9.17, 15) is 4.79 Å². The van der Waals surface area contributed by atoms with Crippen LogP contribution in [0.4, 0.5) is 0 Å². The van der Waals surface area contributed by atoms with Crippen molar-refractivity contribution in [2.24, 2.45) is 0 Å². The highest BCUT2D eigenvalue weighted by Crippen LogP contribution is 2.15. The second-order valence-corrected chi connectivity index (χ2v) is 5.84. The molecule has 0 aliphatic heterocycles. The van der Waals surface area contributed by atoms with E-state index < -0.39 is 0 Å². The quantitative estimate of drug-likeness (QED) is 0.763. The molecule has 1 N–H and O–H groups in total. The average Bonchev–Trinajstić information content (AvgIpc) is 2.55. The maximum Gasteiger partial charge on any atom is 0.252 e. The van der Waals surface area contributed by atoms with Crippen molar-refractivity contribution in [3.05, 3.63) is 64.4 Å². The van der Waals surface area contributed by atoms with Crippen LogP contribution in [0.25, 0.3) is 0 Å². The van der Waals surface area contributed by atoms with E-state index in [1.165, 1.54) is 0 Å². The van der Waals surface area contributed by atoms with Gasteiger partial charge in [0.1, 0.15) is 0 Å². The first-order valence-electron chi connectivity index (χ1n) is 7.22. The summed E-state index contributed by atoms with van der Waals surface area (Å²) in [5, 5.41) is 2.86. The van der Waals surface area contributed by atoms with Crippen LogP contribution in [-0.2, 0) is 4.74 Å². The predicted octanol–water partition coefficient (Wildman–Crippen LogP) is 3.74. The minimum absolute atomic E-state index is 0.0613. The van der Waals surface area contributed by atoms with E-state index >= 15 is 0 Å². The van der Waals surface area contributed by atoms with Gasteiger partial charge in [-0.2, -0.15) is 0 Å². The molecule has 0 radical (unpaired) electrons. The molecule has 116 valence electrons. The predicted molar refractivity (Wildman–Crippen MR) is 89.7 cm³/mol. The van der Waals surface area contributed by atoms with Gasteiger partial charge < -0.3 is 10.1 Å². The van der Waals surface area contributed by atoms with E-state index in [1.807, 2.05) is 37.3 Å². The highest BCUT2D eigenvalue weighted by Gasteiger charge is 2.07. The number of hydrogen-bond donors (Lipinski definition) is 1. The summed E-state index contributed by atoms with van der Waals surface area (Å²) < 4.78 is 6.56. The molecule has 0 saturated carbocycles. The molecule has 1 atom stereocenters. The fraction of sp³-hybridized carbons (Fsp3) is 0.294. The molecule has 0 fully saturated rings. The van der Waals surface area contributed by atoms with Crippen molar-refractivity contribution in [2.75, 3.05) is 13.2 Å². The van der Waals surface area contributed by atoms with Crippen LogP contribution >= 0.6 is 15.9 Å². The number of carbonyl (C=O) groups is 1.